The van der Waals surface area contributed by atoms with Crippen LogP contribution in [0.2, 0.25) is 0 Å². The molecule has 4 N–H and O–H groups in total. The molecule has 0 saturated carbocycles. The van der Waals surface area contributed by atoms with Gasteiger partial charge in [0.2, 0.25) is 0 Å². The first-order valence-corrected chi connectivity index (χ1v) is 9.13. The molecule has 1 heterocycles. The third kappa shape index (κ3) is 4.58. The van der Waals surface area contributed by atoms with Crippen molar-refractivity contribution in [3.63, 3.8) is 0 Å². The van der Waals surface area contributed by atoms with E-state index in [1.54, 1.807) is 6.07 Å². The zero-order chi connectivity index (χ0) is 19.2. The number of aliphatic imine (C=N–C) groups is 1. The van der Waals surface area contributed by atoms with Gasteiger partial charge >= 0.3 is 0 Å². The molecule has 5 nitrogen and oxygen atoms in total. The third-order valence-electron chi connectivity index (χ3n) is 4.47. The fraction of sp³-hybridized carbons (Fsp3) is 0.286. The molecule has 3 rings (SSSR count). The van der Waals surface area contributed by atoms with Gasteiger partial charge in [0.15, 0.2) is 17.5 Å². The topological polar surface area (TPSA) is 72.4 Å². The normalized spacial score (nSPS) is 11.7. The number of benzene rings is 2. The highest BCUT2D eigenvalue weighted by molar-refractivity contribution is 5.86. The number of fused-ring (bicyclic) bond motifs is 1. The molecule has 0 saturated heterocycles. The molecule has 142 valence electrons. The van der Waals surface area contributed by atoms with E-state index in [2.05, 4.69) is 51.9 Å². The van der Waals surface area contributed by atoms with Crippen LogP contribution in [0.5, 0.6) is 5.75 Å². The summed E-state index contributed by atoms with van der Waals surface area (Å²) in [6, 6.07) is 10.6. The van der Waals surface area contributed by atoms with Crippen LogP contribution in [0.15, 0.2) is 47.6 Å². The van der Waals surface area contributed by atoms with Crippen molar-refractivity contribution in [1.82, 2.24) is 15.6 Å². The molecule has 0 bridgehead atoms. The molecule has 0 fully saturated rings. The summed E-state index contributed by atoms with van der Waals surface area (Å²) in [6.45, 7) is 5.90. The number of nitrogens with one attached hydrogen (secondary N) is 3. The highest BCUT2D eigenvalue weighted by Gasteiger charge is 2.06. The van der Waals surface area contributed by atoms with Crippen molar-refractivity contribution in [2.45, 2.75) is 26.8 Å². The molecule has 0 amide bonds. The smallest absolute Gasteiger partial charge is 0.191 e. The largest absolute Gasteiger partial charge is 0.505 e. The lowest BCUT2D eigenvalue weighted by atomic mass is 10.1. The maximum Gasteiger partial charge on any atom is 0.191 e. The number of guanidine groups is 1. The van der Waals surface area contributed by atoms with Crippen molar-refractivity contribution in [3.05, 3.63) is 65.1 Å². The fourth-order valence-corrected chi connectivity index (χ4v) is 3.05. The Morgan fingerprint density at radius 2 is 2.07 bits per heavy atom. The second-order valence-electron chi connectivity index (χ2n) is 6.47. The Balaban J connectivity index is 1.62. The molecular weight excluding hydrogens is 343 g/mol. The van der Waals surface area contributed by atoms with E-state index in [0.717, 1.165) is 19.5 Å². The number of aromatic amines is 1. The maximum absolute atomic E-state index is 13.4. The molecular formula is C21H25FN4O. The highest BCUT2D eigenvalue weighted by Crippen LogP contribution is 2.21. The average Bonchev–Trinajstić information content (AvgIpc) is 3.07. The van der Waals surface area contributed by atoms with Gasteiger partial charge in [-0.15, -0.1) is 0 Å². The number of para-hydroxylation sites is 1. The van der Waals surface area contributed by atoms with Crippen molar-refractivity contribution in [2.24, 2.45) is 4.99 Å². The first kappa shape index (κ1) is 18.8. The number of H-pyrrole nitrogens is 1. The number of aromatic hydroxyl groups is 1. The lowest BCUT2D eigenvalue weighted by Gasteiger charge is -2.11. The van der Waals surface area contributed by atoms with Crippen LogP contribution in [0.25, 0.3) is 10.9 Å². The van der Waals surface area contributed by atoms with E-state index < -0.39 is 5.82 Å². The Bertz CT molecular complexity index is 949. The summed E-state index contributed by atoms with van der Waals surface area (Å²) in [4.78, 5) is 7.83. The number of hydrogen-bond acceptors (Lipinski definition) is 2. The number of aromatic nitrogens is 1. The molecule has 0 aliphatic heterocycles. The van der Waals surface area contributed by atoms with Crippen LogP contribution in [0.4, 0.5) is 4.39 Å². The summed E-state index contributed by atoms with van der Waals surface area (Å²) in [5, 5.41) is 17.0. The van der Waals surface area contributed by atoms with Gasteiger partial charge in [-0.3, -0.25) is 0 Å². The van der Waals surface area contributed by atoms with Gasteiger partial charge in [-0.2, -0.15) is 0 Å². The molecule has 0 aliphatic rings. The molecule has 0 spiro atoms. The summed E-state index contributed by atoms with van der Waals surface area (Å²) in [5.41, 5.74) is 4.39. The highest BCUT2D eigenvalue weighted by atomic mass is 19.1. The van der Waals surface area contributed by atoms with Gasteiger partial charge in [-0.05, 0) is 49.1 Å². The monoisotopic (exact) mass is 368 g/mol. The molecule has 0 atom stereocenters. The average molecular weight is 368 g/mol. The molecule has 0 aliphatic carbocycles. The van der Waals surface area contributed by atoms with Crippen LogP contribution in [0, 0.1) is 12.7 Å². The maximum atomic E-state index is 13.4. The first-order valence-electron chi connectivity index (χ1n) is 9.13. The second kappa shape index (κ2) is 8.58. The summed E-state index contributed by atoms with van der Waals surface area (Å²) in [6.07, 6.45) is 2.92. The number of phenols is 1. The van der Waals surface area contributed by atoms with Gasteiger partial charge in [0, 0.05) is 30.2 Å². The Kier molecular flexibility index (Phi) is 5.96. The number of hydrogen-bond donors (Lipinski definition) is 4. The Hall–Kier alpha value is -3.02. The van der Waals surface area contributed by atoms with E-state index in [1.165, 1.54) is 34.2 Å². The van der Waals surface area contributed by atoms with Gasteiger partial charge in [-0.25, -0.2) is 9.38 Å². The molecule has 27 heavy (non-hydrogen) atoms. The van der Waals surface area contributed by atoms with Gasteiger partial charge < -0.3 is 20.7 Å². The van der Waals surface area contributed by atoms with Crippen LogP contribution >= 0.6 is 0 Å². The molecule has 3 aromatic rings. The van der Waals surface area contributed by atoms with E-state index in [9.17, 15) is 9.50 Å². The van der Waals surface area contributed by atoms with E-state index in [4.69, 9.17) is 0 Å². The summed E-state index contributed by atoms with van der Waals surface area (Å²) in [7, 11) is 0. The first-order chi connectivity index (χ1) is 13.1. The quantitative estimate of drug-likeness (QED) is 0.397. The predicted molar refractivity (Wildman–Crippen MR) is 108 cm³/mol. The van der Waals surface area contributed by atoms with E-state index in [-0.39, 0.29) is 5.75 Å². The van der Waals surface area contributed by atoms with E-state index >= 15 is 0 Å². The number of rotatable bonds is 6. The van der Waals surface area contributed by atoms with Crippen molar-refractivity contribution in [1.29, 1.82) is 0 Å². The lowest BCUT2D eigenvalue weighted by Crippen LogP contribution is -2.38. The minimum absolute atomic E-state index is 0.332. The Morgan fingerprint density at radius 3 is 2.85 bits per heavy atom. The minimum Gasteiger partial charge on any atom is -0.505 e. The van der Waals surface area contributed by atoms with Crippen molar-refractivity contribution in [3.8, 4) is 5.75 Å². The third-order valence-corrected chi connectivity index (χ3v) is 4.47. The fourth-order valence-electron chi connectivity index (χ4n) is 3.05. The van der Waals surface area contributed by atoms with E-state index in [0.29, 0.717) is 18.1 Å². The summed E-state index contributed by atoms with van der Waals surface area (Å²) < 4.78 is 13.4. The van der Waals surface area contributed by atoms with Crippen LogP contribution < -0.4 is 10.6 Å². The van der Waals surface area contributed by atoms with Crippen LogP contribution in [-0.2, 0) is 13.0 Å². The van der Waals surface area contributed by atoms with Crippen LogP contribution in [0.1, 0.15) is 23.6 Å². The molecule has 1 aromatic heterocycles. The molecule has 0 unspecified atom stereocenters. The number of halogens is 1. The molecule has 6 heteroatoms. The lowest BCUT2D eigenvalue weighted by molar-refractivity contribution is 0.432. The van der Waals surface area contributed by atoms with Crippen LogP contribution in [-0.4, -0.2) is 29.1 Å². The van der Waals surface area contributed by atoms with Gasteiger partial charge in [0.05, 0.1) is 6.54 Å². The van der Waals surface area contributed by atoms with E-state index in [1.807, 2.05) is 6.92 Å². The van der Waals surface area contributed by atoms with Gasteiger partial charge in [0.25, 0.3) is 0 Å². The zero-order valence-electron chi connectivity index (χ0n) is 15.6. The van der Waals surface area contributed by atoms with Gasteiger partial charge in [0.1, 0.15) is 0 Å². The summed E-state index contributed by atoms with van der Waals surface area (Å²) in [5.74, 6) is -0.293. The zero-order valence-corrected chi connectivity index (χ0v) is 15.6. The number of nitrogens with zero attached hydrogens (tertiary/aromatic N) is 1. The van der Waals surface area contributed by atoms with Crippen molar-refractivity contribution in [2.75, 3.05) is 13.1 Å². The molecule has 2 aromatic carbocycles. The predicted octanol–water partition coefficient (Wildman–Crippen LogP) is 3.62. The number of aryl methyl sites for hydroxylation is 1. The standard InChI is InChI=1S/C21H25FN4O/c1-3-23-21(26-12-15-7-8-19(27)18(22)11-15)24-10-9-16-13-25-20-14(2)5-4-6-17(16)20/h4-8,11,13,25,27H,3,9-10,12H2,1-2H3,(H2,23,24,26). The van der Waals surface area contributed by atoms with Crippen LogP contribution in [0.3, 0.4) is 0 Å². The second-order valence-corrected chi connectivity index (χ2v) is 6.47. The van der Waals surface area contributed by atoms with Crippen molar-refractivity contribution >= 4 is 16.9 Å². The molecule has 0 radical (unpaired) electrons. The minimum atomic E-state index is -0.629. The number of phenolic OH excluding ortho intramolecular Hbond substituents is 1. The Morgan fingerprint density at radius 1 is 1.22 bits per heavy atom. The SMILES string of the molecule is CCNC(=NCc1ccc(O)c(F)c1)NCCc1c[nH]c2c(C)cccc12. The summed E-state index contributed by atoms with van der Waals surface area (Å²) >= 11 is 0. The Labute approximate surface area is 158 Å². The van der Waals surface area contributed by atoms with Gasteiger partial charge in [-0.1, -0.05) is 24.3 Å². The van der Waals surface area contributed by atoms with Crippen molar-refractivity contribution < 1.29 is 9.50 Å².